The molecule has 1 aliphatic heterocycles. The van der Waals surface area contributed by atoms with Crippen LogP contribution in [-0.2, 0) is 7.05 Å². The minimum atomic E-state index is -0.433. The number of ether oxygens (including phenoxy) is 2. The van der Waals surface area contributed by atoms with Gasteiger partial charge >= 0.3 is 0 Å². The first-order valence-electron chi connectivity index (χ1n) is 6.85. The van der Waals surface area contributed by atoms with Crippen LogP contribution < -0.4 is 20.3 Å². The number of aryl methyl sites for hydroxylation is 2. The third kappa shape index (κ3) is 2.32. The molecule has 0 radical (unpaired) electrons. The Labute approximate surface area is 127 Å². The molecule has 2 heterocycles. The second-order valence-electron chi connectivity index (χ2n) is 5.23. The van der Waals surface area contributed by atoms with Crippen molar-refractivity contribution in [2.45, 2.75) is 13.8 Å². The lowest BCUT2D eigenvalue weighted by atomic mass is 10.1. The highest BCUT2D eigenvalue weighted by Crippen LogP contribution is 2.34. The van der Waals surface area contributed by atoms with Gasteiger partial charge < -0.3 is 19.4 Å². The van der Waals surface area contributed by atoms with Gasteiger partial charge in [-0.2, -0.15) is 0 Å². The van der Waals surface area contributed by atoms with Crippen molar-refractivity contribution < 1.29 is 14.3 Å². The zero-order valence-electron chi connectivity index (χ0n) is 12.6. The average molecular weight is 300 g/mol. The maximum Gasteiger partial charge on any atom is 0.263 e. The van der Waals surface area contributed by atoms with Gasteiger partial charge in [0.25, 0.3) is 11.5 Å². The molecule has 0 fully saturated rings. The van der Waals surface area contributed by atoms with Crippen LogP contribution in [0.15, 0.2) is 29.1 Å². The molecule has 0 saturated heterocycles. The molecule has 0 unspecified atom stereocenters. The standard InChI is InChI=1S/C16H16N2O4/c1-9-6-10(2)18(3)16(20)14(9)15(19)17-11-4-5-12-13(7-11)22-8-21-12/h4-7H,8H2,1-3H3,(H,17,19). The Kier molecular flexibility index (Phi) is 3.36. The molecule has 1 N–H and O–H groups in total. The summed E-state index contributed by atoms with van der Waals surface area (Å²) in [7, 11) is 1.65. The molecule has 1 aromatic carbocycles. The van der Waals surface area contributed by atoms with Gasteiger partial charge in [0.2, 0.25) is 6.79 Å². The van der Waals surface area contributed by atoms with Crippen LogP contribution in [-0.4, -0.2) is 17.3 Å². The van der Waals surface area contributed by atoms with E-state index in [1.807, 2.05) is 13.0 Å². The van der Waals surface area contributed by atoms with E-state index < -0.39 is 5.91 Å². The number of carbonyl (C=O) groups excluding carboxylic acids is 1. The highest BCUT2D eigenvalue weighted by molar-refractivity contribution is 6.05. The first kappa shape index (κ1) is 14.2. The van der Waals surface area contributed by atoms with Gasteiger partial charge in [-0.3, -0.25) is 9.59 Å². The fourth-order valence-corrected chi connectivity index (χ4v) is 2.42. The Morgan fingerprint density at radius 3 is 2.68 bits per heavy atom. The number of anilines is 1. The maximum absolute atomic E-state index is 12.4. The number of pyridine rings is 1. The minimum Gasteiger partial charge on any atom is -0.454 e. The Morgan fingerprint density at radius 2 is 1.91 bits per heavy atom. The summed E-state index contributed by atoms with van der Waals surface area (Å²) in [5, 5.41) is 2.73. The van der Waals surface area contributed by atoms with Gasteiger partial charge in [0.05, 0.1) is 0 Å². The predicted octanol–water partition coefficient (Wildman–Crippen LogP) is 1.98. The number of fused-ring (bicyclic) bond motifs is 1. The third-order valence-corrected chi connectivity index (χ3v) is 3.72. The molecule has 0 atom stereocenters. The molecule has 114 valence electrons. The van der Waals surface area contributed by atoms with E-state index in [1.165, 1.54) is 4.57 Å². The molecule has 1 amide bonds. The Balaban J connectivity index is 1.93. The lowest BCUT2D eigenvalue weighted by Crippen LogP contribution is -2.30. The molecular weight excluding hydrogens is 284 g/mol. The highest BCUT2D eigenvalue weighted by Gasteiger charge is 2.18. The molecular formula is C16H16N2O4. The molecule has 1 aromatic heterocycles. The summed E-state index contributed by atoms with van der Waals surface area (Å²) in [5.74, 6) is 0.781. The second kappa shape index (κ2) is 5.22. The predicted molar refractivity (Wildman–Crippen MR) is 81.7 cm³/mol. The van der Waals surface area contributed by atoms with Crippen LogP contribution >= 0.6 is 0 Å². The summed E-state index contributed by atoms with van der Waals surface area (Å²) in [6.45, 7) is 3.75. The van der Waals surface area contributed by atoms with Crippen molar-refractivity contribution >= 4 is 11.6 Å². The van der Waals surface area contributed by atoms with Gasteiger partial charge in [-0.25, -0.2) is 0 Å². The van der Waals surface area contributed by atoms with Crippen molar-refractivity contribution in [1.29, 1.82) is 0 Å². The zero-order valence-corrected chi connectivity index (χ0v) is 12.6. The Morgan fingerprint density at radius 1 is 1.18 bits per heavy atom. The van der Waals surface area contributed by atoms with Gasteiger partial charge in [0.15, 0.2) is 11.5 Å². The van der Waals surface area contributed by atoms with E-state index in [9.17, 15) is 9.59 Å². The molecule has 0 bridgehead atoms. The fraction of sp³-hybridized carbons (Fsp3) is 0.250. The second-order valence-corrected chi connectivity index (χ2v) is 5.23. The van der Waals surface area contributed by atoms with E-state index in [-0.39, 0.29) is 17.9 Å². The van der Waals surface area contributed by atoms with Crippen molar-refractivity contribution in [3.05, 3.63) is 51.4 Å². The quantitative estimate of drug-likeness (QED) is 0.920. The molecule has 0 saturated carbocycles. The van der Waals surface area contributed by atoms with Crippen molar-refractivity contribution in [2.75, 3.05) is 12.1 Å². The van der Waals surface area contributed by atoms with Gasteiger partial charge in [-0.15, -0.1) is 0 Å². The van der Waals surface area contributed by atoms with Gasteiger partial charge in [0.1, 0.15) is 5.56 Å². The number of benzene rings is 1. The van der Waals surface area contributed by atoms with Crippen molar-refractivity contribution in [2.24, 2.45) is 7.05 Å². The lowest BCUT2D eigenvalue weighted by molar-refractivity contribution is 0.102. The zero-order chi connectivity index (χ0) is 15.9. The van der Waals surface area contributed by atoms with Gasteiger partial charge in [0, 0.05) is 24.5 Å². The first-order chi connectivity index (χ1) is 10.5. The highest BCUT2D eigenvalue weighted by atomic mass is 16.7. The van der Waals surface area contributed by atoms with Crippen LogP contribution in [0.4, 0.5) is 5.69 Å². The molecule has 2 aromatic rings. The molecule has 1 aliphatic rings. The van der Waals surface area contributed by atoms with Gasteiger partial charge in [-0.05, 0) is 37.6 Å². The number of rotatable bonds is 2. The van der Waals surface area contributed by atoms with Crippen molar-refractivity contribution in [1.82, 2.24) is 4.57 Å². The maximum atomic E-state index is 12.4. The number of nitrogens with zero attached hydrogens (tertiary/aromatic N) is 1. The van der Waals surface area contributed by atoms with Gasteiger partial charge in [-0.1, -0.05) is 0 Å². The van der Waals surface area contributed by atoms with Crippen molar-refractivity contribution in [3.8, 4) is 11.5 Å². The Hall–Kier alpha value is -2.76. The third-order valence-electron chi connectivity index (χ3n) is 3.72. The summed E-state index contributed by atoms with van der Waals surface area (Å²) >= 11 is 0. The van der Waals surface area contributed by atoms with Crippen molar-refractivity contribution in [3.63, 3.8) is 0 Å². The van der Waals surface area contributed by atoms with E-state index in [0.717, 1.165) is 5.69 Å². The Bertz CT molecular complexity index is 824. The number of carbonyl (C=O) groups is 1. The number of hydrogen-bond acceptors (Lipinski definition) is 4. The molecule has 0 aliphatic carbocycles. The SMILES string of the molecule is Cc1cc(C)n(C)c(=O)c1C(=O)Nc1ccc2c(c1)OCO2. The smallest absolute Gasteiger partial charge is 0.263 e. The van der Waals surface area contributed by atoms with Crippen LogP contribution in [0.2, 0.25) is 0 Å². The molecule has 3 rings (SSSR count). The molecule has 6 nitrogen and oxygen atoms in total. The van der Waals surface area contributed by atoms with Crippen LogP contribution in [0.3, 0.4) is 0 Å². The van der Waals surface area contributed by atoms with E-state index in [4.69, 9.17) is 9.47 Å². The number of hydrogen-bond donors (Lipinski definition) is 1. The molecule has 0 spiro atoms. The number of nitrogens with one attached hydrogen (secondary N) is 1. The largest absolute Gasteiger partial charge is 0.454 e. The monoisotopic (exact) mass is 300 g/mol. The molecule has 6 heteroatoms. The first-order valence-corrected chi connectivity index (χ1v) is 6.85. The fourth-order valence-electron chi connectivity index (χ4n) is 2.42. The number of aromatic nitrogens is 1. The normalized spacial score (nSPS) is 12.3. The lowest BCUT2D eigenvalue weighted by Gasteiger charge is -2.11. The summed E-state index contributed by atoms with van der Waals surface area (Å²) in [6, 6.07) is 6.92. The average Bonchev–Trinajstić information content (AvgIpc) is 2.92. The van der Waals surface area contributed by atoms with E-state index in [2.05, 4.69) is 5.32 Å². The van der Waals surface area contributed by atoms with Crippen LogP contribution in [0.1, 0.15) is 21.6 Å². The van der Waals surface area contributed by atoms with Crippen LogP contribution in [0, 0.1) is 13.8 Å². The summed E-state index contributed by atoms with van der Waals surface area (Å²) in [4.78, 5) is 24.7. The topological polar surface area (TPSA) is 69.6 Å². The number of amides is 1. The minimum absolute atomic E-state index is 0.144. The summed E-state index contributed by atoms with van der Waals surface area (Å²) in [6.07, 6.45) is 0. The summed E-state index contributed by atoms with van der Waals surface area (Å²) in [5.41, 5.74) is 1.85. The van der Waals surface area contributed by atoms with E-state index in [1.54, 1.807) is 32.2 Å². The van der Waals surface area contributed by atoms with E-state index >= 15 is 0 Å². The molecule has 22 heavy (non-hydrogen) atoms. The van der Waals surface area contributed by atoms with Crippen LogP contribution in [0.25, 0.3) is 0 Å². The van der Waals surface area contributed by atoms with E-state index in [0.29, 0.717) is 22.7 Å². The van der Waals surface area contributed by atoms with Crippen LogP contribution in [0.5, 0.6) is 11.5 Å². The summed E-state index contributed by atoms with van der Waals surface area (Å²) < 4.78 is 12.0.